The zero-order valence-electron chi connectivity index (χ0n) is 8.76. The first kappa shape index (κ1) is 11.2. The third-order valence-corrected chi connectivity index (χ3v) is 3.11. The molecule has 2 atom stereocenters. The van der Waals surface area contributed by atoms with Crippen molar-refractivity contribution in [3.8, 4) is 0 Å². The molecule has 16 heavy (non-hydrogen) atoms. The van der Waals surface area contributed by atoms with Crippen LogP contribution in [0.4, 0.5) is 4.79 Å². The number of carbonyl (C=O) groups excluding carboxylic acids is 1. The average Bonchev–Trinajstić information content (AvgIpc) is 2.56. The summed E-state index contributed by atoms with van der Waals surface area (Å²) in [5.41, 5.74) is 0.723. The van der Waals surface area contributed by atoms with Gasteiger partial charge in [-0.15, -0.1) is 0 Å². The summed E-state index contributed by atoms with van der Waals surface area (Å²) in [7, 11) is 1.60. The minimum Gasteiger partial charge on any atom is -0.439 e. The number of aliphatic hydroxyl groups excluding tert-OH is 1. The molecule has 0 aliphatic carbocycles. The topological polar surface area (TPSA) is 49.8 Å². The Labute approximate surface area is 98.4 Å². The number of hydrogen-bond acceptors (Lipinski definition) is 3. The van der Waals surface area contributed by atoms with Crippen molar-refractivity contribution in [2.75, 3.05) is 13.7 Å². The van der Waals surface area contributed by atoms with E-state index in [1.807, 2.05) is 6.07 Å². The normalized spacial score (nSPS) is 24.7. The zero-order valence-corrected chi connectivity index (χ0v) is 9.52. The Morgan fingerprint density at radius 1 is 1.50 bits per heavy atom. The third kappa shape index (κ3) is 1.74. The van der Waals surface area contributed by atoms with Gasteiger partial charge in [0.05, 0.1) is 12.6 Å². The first-order chi connectivity index (χ1) is 7.65. The molecule has 1 aliphatic heterocycles. The molecule has 1 aliphatic rings. The van der Waals surface area contributed by atoms with E-state index < -0.39 is 12.2 Å². The van der Waals surface area contributed by atoms with E-state index >= 15 is 0 Å². The zero-order chi connectivity index (χ0) is 11.7. The Kier molecular flexibility index (Phi) is 3.03. The van der Waals surface area contributed by atoms with E-state index in [0.717, 1.165) is 5.56 Å². The predicted molar refractivity (Wildman–Crippen MR) is 59.3 cm³/mol. The van der Waals surface area contributed by atoms with Crippen LogP contribution in [0.2, 0.25) is 5.02 Å². The quantitative estimate of drug-likeness (QED) is 0.859. The van der Waals surface area contributed by atoms with Crippen LogP contribution in [0.5, 0.6) is 0 Å². The number of cyclic esters (lactones) is 1. The summed E-state index contributed by atoms with van der Waals surface area (Å²) in [5, 5.41) is 9.80. The summed E-state index contributed by atoms with van der Waals surface area (Å²) in [4.78, 5) is 12.8. The molecule has 1 fully saturated rings. The number of aliphatic hydroxyl groups is 1. The first-order valence-electron chi connectivity index (χ1n) is 4.94. The monoisotopic (exact) mass is 241 g/mol. The fourth-order valence-electron chi connectivity index (χ4n) is 1.80. The van der Waals surface area contributed by atoms with E-state index in [9.17, 15) is 9.90 Å². The van der Waals surface area contributed by atoms with Crippen molar-refractivity contribution in [1.82, 2.24) is 4.90 Å². The van der Waals surface area contributed by atoms with Gasteiger partial charge in [0.15, 0.2) is 6.10 Å². The maximum atomic E-state index is 11.4. The number of likely N-dealkylation sites (N-methyl/N-ethyl adjacent to an activating group) is 1. The fourth-order valence-corrected chi connectivity index (χ4v) is 2.05. The van der Waals surface area contributed by atoms with Gasteiger partial charge >= 0.3 is 6.09 Å². The van der Waals surface area contributed by atoms with Crippen LogP contribution in [0.15, 0.2) is 24.3 Å². The fraction of sp³-hybridized carbons (Fsp3) is 0.364. The maximum absolute atomic E-state index is 11.4. The third-order valence-electron chi connectivity index (χ3n) is 2.76. The Bertz CT molecular complexity index is 410. The maximum Gasteiger partial charge on any atom is 0.410 e. The number of hydrogen-bond donors (Lipinski definition) is 1. The van der Waals surface area contributed by atoms with Gasteiger partial charge in [-0.2, -0.15) is 0 Å². The van der Waals surface area contributed by atoms with Crippen molar-refractivity contribution in [2.24, 2.45) is 0 Å². The molecule has 1 heterocycles. The van der Waals surface area contributed by atoms with Gasteiger partial charge in [0.1, 0.15) is 0 Å². The van der Waals surface area contributed by atoms with Crippen LogP contribution >= 0.6 is 11.6 Å². The summed E-state index contributed by atoms with van der Waals surface area (Å²) in [5.74, 6) is 0. The molecule has 1 amide bonds. The molecule has 0 bridgehead atoms. The van der Waals surface area contributed by atoms with Crippen LogP contribution in [-0.4, -0.2) is 35.8 Å². The smallest absolute Gasteiger partial charge is 0.410 e. The van der Waals surface area contributed by atoms with Crippen LogP contribution in [0.3, 0.4) is 0 Å². The summed E-state index contributed by atoms with van der Waals surface area (Å²) in [6.45, 7) is -0.155. The molecule has 2 unspecified atom stereocenters. The van der Waals surface area contributed by atoms with Gasteiger partial charge in [-0.3, -0.25) is 0 Å². The summed E-state index contributed by atoms with van der Waals surface area (Å²) in [6, 6.07) is 6.77. The molecule has 1 N–H and O–H groups in total. The van der Waals surface area contributed by atoms with Gasteiger partial charge in [-0.25, -0.2) is 4.79 Å². The van der Waals surface area contributed by atoms with Crippen LogP contribution in [0.1, 0.15) is 11.7 Å². The van der Waals surface area contributed by atoms with E-state index in [0.29, 0.717) is 5.02 Å². The van der Waals surface area contributed by atoms with Crippen LogP contribution in [-0.2, 0) is 4.74 Å². The van der Waals surface area contributed by atoms with Crippen LogP contribution < -0.4 is 0 Å². The molecule has 86 valence electrons. The standard InChI is InChI=1S/C11H12ClNO3/c1-13-9(6-14)10(16-11(13)15)7-4-2-3-5-8(7)12/h2-5,9-10,14H,6H2,1H3. The van der Waals surface area contributed by atoms with Gasteiger partial charge in [0.2, 0.25) is 0 Å². The van der Waals surface area contributed by atoms with Crippen molar-refractivity contribution >= 4 is 17.7 Å². The van der Waals surface area contributed by atoms with Crippen LogP contribution in [0, 0.1) is 0 Å². The van der Waals surface area contributed by atoms with Crippen molar-refractivity contribution < 1.29 is 14.6 Å². The highest BCUT2D eigenvalue weighted by atomic mass is 35.5. The molecule has 1 aromatic rings. The average molecular weight is 242 g/mol. The highest BCUT2D eigenvalue weighted by Gasteiger charge is 2.40. The summed E-state index contributed by atoms with van der Waals surface area (Å²) in [6.07, 6.45) is -0.944. The molecule has 0 radical (unpaired) electrons. The van der Waals surface area contributed by atoms with Crippen molar-refractivity contribution in [3.05, 3.63) is 34.9 Å². The van der Waals surface area contributed by atoms with E-state index in [2.05, 4.69) is 0 Å². The number of ether oxygens (including phenoxy) is 1. The molecule has 0 spiro atoms. The molecular weight excluding hydrogens is 230 g/mol. The molecule has 0 aromatic heterocycles. The largest absolute Gasteiger partial charge is 0.439 e. The molecule has 5 heteroatoms. The molecule has 0 saturated carbocycles. The lowest BCUT2D eigenvalue weighted by Gasteiger charge is -2.19. The summed E-state index contributed by atoms with van der Waals surface area (Å²) < 4.78 is 5.19. The minimum atomic E-state index is -0.504. The van der Waals surface area contributed by atoms with E-state index in [4.69, 9.17) is 16.3 Å². The number of nitrogens with zero attached hydrogens (tertiary/aromatic N) is 1. The Morgan fingerprint density at radius 3 is 2.81 bits per heavy atom. The minimum absolute atomic E-state index is 0.155. The molecule has 1 saturated heterocycles. The Morgan fingerprint density at radius 2 is 2.19 bits per heavy atom. The van der Waals surface area contributed by atoms with Gasteiger partial charge in [0.25, 0.3) is 0 Å². The van der Waals surface area contributed by atoms with E-state index in [-0.39, 0.29) is 12.6 Å². The number of carbonyl (C=O) groups is 1. The lowest BCUT2D eigenvalue weighted by atomic mass is 10.0. The van der Waals surface area contributed by atoms with Gasteiger partial charge in [0, 0.05) is 17.6 Å². The second-order valence-electron chi connectivity index (χ2n) is 3.69. The predicted octanol–water partition coefficient (Wildman–Crippen LogP) is 1.82. The lowest BCUT2D eigenvalue weighted by Crippen LogP contribution is -2.33. The first-order valence-corrected chi connectivity index (χ1v) is 5.31. The number of amides is 1. The highest BCUT2D eigenvalue weighted by molar-refractivity contribution is 6.31. The van der Waals surface area contributed by atoms with Gasteiger partial charge in [-0.05, 0) is 6.07 Å². The highest BCUT2D eigenvalue weighted by Crippen LogP contribution is 2.34. The molecular formula is C11H12ClNO3. The molecule has 2 rings (SSSR count). The number of benzene rings is 1. The number of halogens is 1. The Balaban J connectivity index is 2.35. The van der Waals surface area contributed by atoms with Gasteiger partial charge < -0.3 is 14.7 Å². The second kappa shape index (κ2) is 4.31. The van der Waals surface area contributed by atoms with E-state index in [1.54, 1.807) is 25.2 Å². The number of rotatable bonds is 2. The van der Waals surface area contributed by atoms with E-state index in [1.165, 1.54) is 4.90 Å². The SMILES string of the molecule is CN1C(=O)OC(c2ccccc2Cl)C1CO. The van der Waals surface area contributed by atoms with Crippen molar-refractivity contribution in [1.29, 1.82) is 0 Å². The molecule has 1 aromatic carbocycles. The Hall–Kier alpha value is -1.26. The summed E-state index contributed by atoms with van der Waals surface area (Å²) >= 11 is 6.03. The lowest BCUT2D eigenvalue weighted by molar-refractivity contribution is 0.118. The van der Waals surface area contributed by atoms with Crippen molar-refractivity contribution in [3.63, 3.8) is 0 Å². The molecule has 4 nitrogen and oxygen atoms in total. The van der Waals surface area contributed by atoms with Crippen molar-refractivity contribution in [2.45, 2.75) is 12.1 Å². The second-order valence-corrected chi connectivity index (χ2v) is 4.09. The van der Waals surface area contributed by atoms with Crippen LogP contribution in [0.25, 0.3) is 0 Å². The van der Waals surface area contributed by atoms with Gasteiger partial charge in [-0.1, -0.05) is 29.8 Å².